The third-order valence-electron chi connectivity index (χ3n) is 9.77. The second kappa shape index (κ2) is 22.9. The average molecular weight is 506 g/mol. The Morgan fingerprint density at radius 2 is 1.08 bits per heavy atom. The fraction of sp³-hybridized carbons (Fsp3) is 1.00. The maximum absolute atomic E-state index is 6.94. The summed E-state index contributed by atoms with van der Waals surface area (Å²) in [4.78, 5) is 0. The molecule has 0 bridgehead atoms. The van der Waals surface area contributed by atoms with E-state index >= 15 is 0 Å². The Morgan fingerprint density at radius 1 is 0.556 bits per heavy atom. The standard InChI is InChI=1S/C35H71N/c1-6-10-13-16-20-30(5)21-17-25-32(26-19-27-34-29-33(34)24-15-12-8-3)35(36)28-18-23-31(9-4)22-14-11-7-2/h30-35H,6-29,36H2,1-5H3. The van der Waals surface area contributed by atoms with E-state index in [1.54, 1.807) is 0 Å². The predicted molar refractivity (Wildman–Crippen MR) is 165 cm³/mol. The summed E-state index contributed by atoms with van der Waals surface area (Å²) in [5, 5.41) is 0. The van der Waals surface area contributed by atoms with Crippen molar-refractivity contribution in [1.82, 2.24) is 0 Å². The monoisotopic (exact) mass is 506 g/mol. The average Bonchev–Trinajstić information content (AvgIpc) is 3.62. The van der Waals surface area contributed by atoms with Crippen molar-refractivity contribution in [3.63, 3.8) is 0 Å². The summed E-state index contributed by atoms with van der Waals surface area (Å²) in [6.45, 7) is 11.9. The van der Waals surface area contributed by atoms with Gasteiger partial charge in [0.2, 0.25) is 0 Å². The van der Waals surface area contributed by atoms with Crippen LogP contribution in [-0.4, -0.2) is 6.04 Å². The molecule has 0 saturated heterocycles. The van der Waals surface area contributed by atoms with Crippen LogP contribution in [0.15, 0.2) is 0 Å². The molecule has 216 valence electrons. The molecular formula is C35H71N. The predicted octanol–water partition coefficient (Wildman–Crippen LogP) is 11.9. The highest BCUT2D eigenvalue weighted by Crippen LogP contribution is 2.46. The molecule has 0 spiro atoms. The van der Waals surface area contributed by atoms with E-state index in [1.165, 1.54) is 154 Å². The zero-order valence-electron chi connectivity index (χ0n) is 26.0. The molecule has 1 saturated carbocycles. The van der Waals surface area contributed by atoms with Crippen molar-refractivity contribution in [3.05, 3.63) is 0 Å². The minimum atomic E-state index is 0.442. The first-order chi connectivity index (χ1) is 17.5. The van der Waals surface area contributed by atoms with Crippen LogP contribution >= 0.6 is 0 Å². The Hall–Kier alpha value is -0.0400. The molecule has 1 fully saturated rings. The van der Waals surface area contributed by atoms with E-state index in [9.17, 15) is 0 Å². The minimum Gasteiger partial charge on any atom is -0.327 e. The highest BCUT2D eigenvalue weighted by atomic mass is 14.6. The van der Waals surface area contributed by atoms with E-state index < -0.39 is 0 Å². The van der Waals surface area contributed by atoms with Gasteiger partial charge in [-0.05, 0) is 55.3 Å². The molecule has 6 atom stereocenters. The summed E-state index contributed by atoms with van der Waals surface area (Å²) >= 11 is 0. The van der Waals surface area contributed by atoms with Crippen molar-refractivity contribution < 1.29 is 0 Å². The zero-order valence-corrected chi connectivity index (χ0v) is 26.0. The van der Waals surface area contributed by atoms with Crippen molar-refractivity contribution in [2.75, 3.05) is 0 Å². The highest BCUT2D eigenvalue weighted by Gasteiger charge is 2.35. The van der Waals surface area contributed by atoms with Crippen molar-refractivity contribution in [1.29, 1.82) is 0 Å². The largest absolute Gasteiger partial charge is 0.327 e. The first-order valence-corrected chi connectivity index (χ1v) is 17.3. The van der Waals surface area contributed by atoms with Crippen LogP contribution in [0, 0.1) is 29.6 Å². The van der Waals surface area contributed by atoms with Gasteiger partial charge < -0.3 is 5.73 Å². The van der Waals surface area contributed by atoms with Crippen molar-refractivity contribution in [2.24, 2.45) is 35.3 Å². The van der Waals surface area contributed by atoms with Gasteiger partial charge in [0.25, 0.3) is 0 Å². The van der Waals surface area contributed by atoms with Gasteiger partial charge in [0, 0.05) is 6.04 Å². The lowest BCUT2D eigenvalue weighted by molar-refractivity contribution is 0.301. The van der Waals surface area contributed by atoms with Gasteiger partial charge in [-0.2, -0.15) is 0 Å². The lowest BCUT2D eigenvalue weighted by atomic mass is 9.84. The maximum Gasteiger partial charge on any atom is 0.00671 e. The van der Waals surface area contributed by atoms with Crippen LogP contribution in [-0.2, 0) is 0 Å². The Balaban J connectivity index is 2.38. The minimum absolute atomic E-state index is 0.442. The van der Waals surface area contributed by atoms with E-state index in [0.717, 1.165) is 29.6 Å². The molecule has 0 amide bonds. The molecule has 1 rings (SSSR count). The number of hydrogen-bond donors (Lipinski definition) is 1. The Bertz CT molecular complexity index is 452. The van der Waals surface area contributed by atoms with Crippen LogP contribution in [0.3, 0.4) is 0 Å². The molecule has 36 heavy (non-hydrogen) atoms. The molecule has 0 aromatic heterocycles. The van der Waals surface area contributed by atoms with Crippen molar-refractivity contribution >= 4 is 0 Å². The van der Waals surface area contributed by atoms with Crippen LogP contribution in [0.25, 0.3) is 0 Å². The van der Waals surface area contributed by atoms with Gasteiger partial charge in [0.15, 0.2) is 0 Å². The van der Waals surface area contributed by atoms with Gasteiger partial charge in [-0.3, -0.25) is 0 Å². The smallest absolute Gasteiger partial charge is 0.00671 e. The zero-order chi connectivity index (χ0) is 26.4. The SMILES string of the molecule is CCCCCCC(C)CCCC(CCCC1CC1CCCCC)C(N)CCCC(CC)CCCCC. The second-order valence-corrected chi connectivity index (χ2v) is 13.2. The van der Waals surface area contributed by atoms with Gasteiger partial charge in [0.05, 0.1) is 0 Å². The lowest BCUT2D eigenvalue weighted by Gasteiger charge is -2.26. The highest BCUT2D eigenvalue weighted by molar-refractivity contribution is 4.86. The maximum atomic E-state index is 6.94. The molecule has 0 aliphatic heterocycles. The van der Waals surface area contributed by atoms with Crippen LogP contribution < -0.4 is 5.73 Å². The number of rotatable bonds is 27. The quantitative estimate of drug-likeness (QED) is 0.110. The lowest BCUT2D eigenvalue weighted by Crippen LogP contribution is -2.30. The molecule has 2 N–H and O–H groups in total. The topological polar surface area (TPSA) is 26.0 Å². The van der Waals surface area contributed by atoms with E-state index in [2.05, 4.69) is 34.6 Å². The van der Waals surface area contributed by atoms with E-state index in [4.69, 9.17) is 5.73 Å². The Kier molecular flexibility index (Phi) is 21.6. The summed E-state index contributed by atoms with van der Waals surface area (Å²) in [6.07, 6.45) is 34.0. The molecule has 1 aliphatic carbocycles. The van der Waals surface area contributed by atoms with Crippen LogP contribution in [0.4, 0.5) is 0 Å². The van der Waals surface area contributed by atoms with Crippen molar-refractivity contribution in [3.8, 4) is 0 Å². The van der Waals surface area contributed by atoms with Gasteiger partial charge in [-0.25, -0.2) is 0 Å². The first kappa shape index (κ1) is 34.0. The van der Waals surface area contributed by atoms with Crippen LogP contribution in [0.1, 0.15) is 189 Å². The van der Waals surface area contributed by atoms with E-state index in [1.807, 2.05) is 0 Å². The van der Waals surface area contributed by atoms with Crippen LogP contribution in [0.5, 0.6) is 0 Å². The molecule has 1 heteroatoms. The van der Waals surface area contributed by atoms with Gasteiger partial charge >= 0.3 is 0 Å². The molecule has 0 aromatic rings. The summed E-state index contributed by atoms with van der Waals surface area (Å²) < 4.78 is 0. The van der Waals surface area contributed by atoms with Gasteiger partial charge in [-0.15, -0.1) is 0 Å². The number of unbranched alkanes of at least 4 members (excludes halogenated alkanes) is 7. The molecule has 0 radical (unpaired) electrons. The second-order valence-electron chi connectivity index (χ2n) is 13.2. The summed E-state index contributed by atoms with van der Waals surface area (Å²) in [7, 11) is 0. The molecule has 6 unspecified atom stereocenters. The Morgan fingerprint density at radius 3 is 1.78 bits per heavy atom. The summed E-state index contributed by atoms with van der Waals surface area (Å²) in [5.74, 6) is 4.76. The van der Waals surface area contributed by atoms with Crippen molar-refractivity contribution in [2.45, 2.75) is 195 Å². The van der Waals surface area contributed by atoms with Crippen LogP contribution in [0.2, 0.25) is 0 Å². The normalized spacial score (nSPS) is 20.8. The fourth-order valence-electron chi connectivity index (χ4n) is 6.79. The third-order valence-corrected chi connectivity index (χ3v) is 9.77. The molecule has 1 nitrogen and oxygen atoms in total. The van der Waals surface area contributed by atoms with E-state index in [0.29, 0.717) is 6.04 Å². The molecular weight excluding hydrogens is 434 g/mol. The fourth-order valence-corrected chi connectivity index (χ4v) is 6.79. The summed E-state index contributed by atoms with van der Waals surface area (Å²) in [5.41, 5.74) is 6.94. The third kappa shape index (κ3) is 17.5. The first-order valence-electron chi connectivity index (χ1n) is 17.3. The van der Waals surface area contributed by atoms with Gasteiger partial charge in [0.1, 0.15) is 0 Å². The molecule has 1 aliphatic rings. The Labute approximate surface area is 229 Å². The number of nitrogens with two attached hydrogens (primary N) is 1. The number of hydrogen-bond acceptors (Lipinski definition) is 1. The van der Waals surface area contributed by atoms with Gasteiger partial charge in [-0.1, -0.05) is 163 Å². The molecule has 0 aromatic carbocycles. The molecule has 0 heterocycles. The van der Waals surface area contributed by atoms with E-state index in [-0.39, 0.29) is 0 Å². The summed E-state index contributed by atoms with van der Waals surface area (Å²) in [6, 6.07) is 0.442.